The van der Waals surface area contributed by atoms with Crippen LogP contribution in [0.5, 0.6) is 0 Å². The molecule has 1 fully saturated rings. The first kappa shape index (κ1) is 22.7. The fourth-order valence-electron chi connectivity index (χ4n) is 3.20. The number of halogens is 1. The maximum Gasteiger partial charge on any atom is 0.412 e. The molecule has 12 heteroatoms. The average molecular weight is 531 g/mol. The second-order valence-electron chi connectivity index (χ2n) is 7.55. The first-order chi connectivity index (χ1) is 16.4. The number of benzene rings is 1. The van der Waals surface area contributed by atoms with Crippen molar-refractivity contribution in [3.63, 3.8) is 0 Å². The molecule has 34 heavy (non-hydrogen) atoms. The van der Waals surface area contributed by atoms with Crippen molar-refractivity contribution in [3.8, 4) is 11.8 Å². The maximum absolute atomic E-state index is 12.4. The highest BCUT2D eigenvalue weighted by atomic mass is 35.5. The lowest BCUT2D eigenvalue weighted by Gasteiger charge is -2.13. The number of nitrogens with zero attached hydrogens (tertiary/aromatic N) is 3. The van der Waals surface area contributed by atoms with Gasteiger partial charge in [0.1, 0.15) is 30.6 Å². The Morgan fingerprint density at radius 2 is 1.97 bits per heavy atom. The van der Waals surface area contributed by atoms with Crippen molar-refractivity contribution < 1.29 is 19.4 Å². The largest absolute Gasteiger partial charge is 0.481 e. The lowest BCUT2D eigenvalue weighted by atomic mass is 10.1. The van der Waals surface area contributed by atoms with Crippen molar-refractivity contribution in [3.05, 3.63) is 55.9 Å². The van der Waals surface area contributed by atoms with Crippen LogP contribution in [0.3, 0.4) is 0 Å². The predicted octanol–water partition coefficient (Wildman–Crippen LogP) is 5.69. The molecule has 5 rings (SSSR count). The van der Waals surface area contributed by atoms with Crippen LogP contribution in [0.15, 0.2) is 30.3 Å². The van der Waals surface area contributed by atoms with E-state index in [0.29, 0.717) is 34.2 Å². The predicted molar refractivity (Wildman–Crippen MR) is 132 cm³/mol. The number of fused-ring (bicyclic) bond motifs is 1. The Bertz CT molecular complexity index is 1430. The number of anilines is 1. The van der Waals surface area contributed by atoms with Crippen LogP contribution in [-0.4, -0.2) is 31.5 Å². The maximum atomic E-state index is 12.4. The van der Waals surface area contributed by atoms with E-state index in [9.17, 15) is 14.7 Å². The molecule has 0 bridgehead atoms. The second-order valence-corrected chi connectivity index (χ2v) is 11.2. The molecule has 8 nitrogen and oxygen atoms in total. The molecule has 0 spiro atoms. The summed E-state index contributed by atoms with van der Waals surface area (Å²) in [6, 6.07) is 9.37. The minimum Gasteiger partial charge on any atom is -0.481 e. The van der Waals surface area contributed by atoms with Crippen molar-refractivity contribution >= 4 is 73.2 Å². The average Bonchev–Trinajstić information content (AvgIpc) is 3.26. The number of nitrogens with one attached hydrogen (secondary N) is 1. The van der Waals surface area contributed by atoms with Gasteiger partial charge in [-0.2, -0.15) is 4.37 Å². The van der Waals surface area contributed by atoms with Gasteiger partial charge in [0.15, 0.2) is 16.3 Å². The highest BCUT2D eigenvalue weighted by Gasteiger charge is 2.54. The van der Waals surface area contributed by atoms with Gasteiger partial charge in [0, 0.05) is 0 Å². The number of ether oxygens (including phenoxy) is 1. The van der Waals surface area contributed by atoms with Crippen LogP contribution in [0.1, 0.15) is 47.1 Å². The Morgan fingerprint density at radius 3 is 2.65 bits per heavy atom. The number of rotatable bonds is 5. The van der Waals surface area contributed by atoms with Gasteiger partial charge in [-0.1, -0.05) is 53.3 Å². The molecular formula is C22H15ClN4O4S3. The number of hydrogen-bond donors (Lipinski definition) is 2. The van der Waals surface area contributed by atoms with Crippen LogP contribution in [0, 0.1) is 11.8 Å². The first-order valence-electron chi connectivity index (χ1n) is 10.1. The number of amides is 1. The zero-order chi connectivity index (χ0) is 23.9. The number of aromatic nitrogens is 3. The molecule has 1 saturated carbocycles. The normalized spacial score (nSPS) is 14.8. The van der Waals surface area contributed by atoms with Gasteiger partial charge in [0.2, 0.25) is 0 Å². The zero-order valence-corrected chi connectivity index (χ0v) is 20.7. The molecular weight excluding hydrogens is 516 g/mol. The first-order valence-corrected chi connectivity index (χ1v) is 12.9. The third kappa shape index (κ3) is 4.37. The number of aliphatic carboxylic acids is 1. The summed E-state index contributed by atoms with van der Waals surface area (Å²) >= 11 is 9.90. The van der Waals surface area contributed by atoms with E-state index in [0.717, 1.165) is 21.1 Å². The van der Waals surface area contributed by atoms with E-state index in [1.165, 1.54) is 22.7 Å². The molecule has 1 aliphatic carbocycles. The van der Waals surface area contributed by atoms with Gasteiger partial charge in [0.25, 0.3) is 0 Å². The van der Waals surface area contributed by atoms with E-state index in [1.807, 2.05) is 30.3 Å². The Morgan fingerprint density at radius 1 is 1.21 bits per heavy atom. The summed E-state index contributed by atoms with van der Waals surface area (Å²) in [6.45, 7) is 1.78. The summed E-state index contributed by atoms with van der Waals surface area (Å²) in [6.07, 6.45) is 0.0869. The van der Waals surface area contributed by atoms with E-state index >= 15 is 0 Å². The monoisotopic (exact) mass is 530 g/mol. The Hall–Kier alpha value is -3.04. The molecule has 3 heterocycles. The zero-order valence-electron chi connectivity index (χ0n) is 17.5. The lowest BCUT2D eigenvalue weighted by molar-refractivity contribution is -0.140. The molecule has 4 aromatic rings. The van der Waals surface area contributed by atoms with Gasteiger partial charge in [-0.25, -0.2) is 14.8 Å². The quantitative estimate of drug-likeness (QED) is 0.318. The van der Waals surface area contributed by atoms with Gasteiger partial charge in [-0.05, 0) is 48.7 Å². The van der Waals surface area contributed by atoms with Crippen molar-refractivity contribution in [2.45, 2.75) is 31.3 Å². The molecule has 0 aliphatic heterocycles. The van der Waals surface area contributed by atoms with Crippen LogP contribution >= 0.6 is 45.8 Å². The van der Waals surface area contributed by atoms with E-state index in [-0.39, 0.29) is 10.0 Å². The Labute approximate surface area is 210 Å². The van der Waals surface area contributed by atoms with Gasteiger partial charge in [-0.3, -0.25) is 10.1 Å². The number of carbonyl (C=O) groups is 2. The van der Waals surface area contributed by atoms with Crippen LogP contribution in [-0.2, 0) is 14.9 Å². The van der Waals surface area contributed by atoms with E-state index < -0.39 is 23.6 Å². The number of thiazole rings is 2. The van der Waals surface area contributed by atoms with Crippen LogP contribution in [0.2, 0.25) is 4.34 Å². The lowest BCUT2D eigenvalue weighted by Crippen LogP contribution is -2.18. The highest BCUT2D eigenvalue weighted by Crippen LogP contribution is 2.51. The minimum absolute atomic E-state index is 0.278. The fourth-order valence-corrected chi connectivity index (χ4v) is 6.20. The van der Waals surface area contributed by atoms with E-state index in [2.05, 4.69) is 31.5 Å². The summed E-state index contributed by atoms with van der Waals surface area (Å²) in [5.74, 6) is 4.98. The number of carboxylic acid groups (broad SMARTS) is 1. The summed E-state index contributed by atoms with van der Waals surface area (Å²) in [5.41, 5.74) is 1.09. The van der Waals surface area contributed by atoms with E-state index in [1.54, 1.807) is 6.92 Å². The molecule has 1 aromatic carbocycles. The minimum atomic E-state index is -0.846. The molecule has 2 N–H and O–H groups in total. The molecule has 1 unspecified atom stereocenters. The van der Waals surface area contributed by atoms with E-state index in [4.69, 9.17) is 16.3 Å². The van der Waals surface area contributed by atoms with Crippen molar-refractivity contribution in [1.29, 1.82) is 0 Å². The topological polar surface area (TPSA) is 114 Å². The van der Waals surface area contributed by atoms with Gasteiger partial charge >= 0.3 is 12.1 Å². The van der Waals surface area contributed by atoms with Crippen LogP contribution in [0.4, 0.5) is 10.5 Å². The summed E-state index contributed by atoms with van der Waals surface area (Å²) in [4.78, 5) is 32.7. The Balaban J connectivity index is 1.30. The van der Waals surface area contributed by atoms with Crippen molar-refractivity contribution in [1.82, 2.24) is 14.3 Å². The molecule has 172 valence electrons. The second kappa shape index (κ2) is 8.96. The summed E-state index contributed by atoms with van der Waals surface area (Å²) in [7, 11) is 0. The van der Waals surface area contributed by atoms with Crippen molar-refractivity contribution in [2.75, 3.05) is 5.32 Å². The Kier molecular flexibility index (Phi) is 5.99. The third-order valence-electron chi connectivity index (χ3n) is 5.26. The SMILES string of the molecule is CC(OC(=O)Nc1c(C#Cc2nc3nc(C4(C(=O)O)CC4)sc3s2)nsc1Cl)c1ccccc1. The number of carbonyl (C=O) groups excluding carboxylic acids is 1. The standard InChI is InChI=1S/C22H15ClN4O4S3/c1-11(12-5-3-2-4-6-12)31-21(30)25-15-13(27-34-16(15)23)7-8-14-24-17-18(32-14)33-19(26-17)22(9-10-22)20(28)29/h2-6,11H,9-10H2,1H3,(H,25,30)(H,28,29). The summed E-state index contributed by atoms with van der Waals surface area (Å²) < 4.78 is 10.7. The van der Waals surface area contributed by atoms with Crippen molar-refractivity contribution in [2.24, 2.45) is 0 Å². The molecule has 1 amide bonds. The molecule has 1 atom stereocenters. The fraction of sp³-hybridized carbons (Fsp3) is 0.227. The van der Waals surface area contributed by atoms with Gasteiger partial charge in [0.05, 0.1) is 0 Å². The summed E-state index contributed by atoms with van der Waals surface area (Å²) in [5, 5.41) is 13.2. The molecule has 3 aromatic heterocycles. The number of carboxylic acids is 1. The van der Waals surface area contributed by atoms with Crippen LogP contribution < -0.4 is 5.32 Å². The molecule has 1 aliphatic rings. The molecule has 0 radical (unpaired) electrons. The van der Waals surface area contributed by atoms with Gasteiger partial charge < -0.3 is 9.84 Å². The molecule has 0 saturated heterocycles. The van der Waals surface area contributed by atoms with Crippen LogP contribution in [0.25, 0.3) is 9.66 Å². The smallest absolute Gasteiger partial charge is 0.412 e. The highest BCUT2D eigenvalue weighted by molar-refractivity contribution is 7.38. The third-order valence-corrected chi connectivity index (χ3v) is 8.60. The van der Waals surface area contributed by atoms with Gasteiger partial charge in [-0.15, -0.1) is 11.3 Å². The number of hydrogen-bond acceptors (Lipinski definition) is 9.